The molecular formula is C24H27N3O2. The van der Waals surface area contributed by atoms with Crippen LogP contribution in [0, 0.1) is 0 Å². The molecule has 0 aliphatic carbocycles. The minimum Gasteiger partial charge on any atom is -0.486 e. The van der Waals surface area contributed by atoms with Gasteiger partial charge in [0.25, 0.3) is 5.91 Å². The van der Waals surface area contributed by atoms with E-state index in [0.717, 1.165) is 68.0 Å². The van der Waals surface area contributed by atoms with Crippen LogP contribution in [0.2, 0.25) is 0 Å². The van der Waals surface area contributed by atoms with E-state index in [2.05, 4.69) is 46.7 Å². The molecule has 1 amide bonds. The van der Waals surface area contributed by atoms with Gasteiger partial charge in [-0.15, -0.1) is 0 Å². The molecule has 0 bridgehead atoms. The van der Waals surface area contributed by atoms with Gasteiger partial charge in [-0.05, 0) is 24.1 Å². The molecule has 2 aliphatic heterocycles. The Morgan fingerprint density at radius 1 is 1.03 bits per heavy atom. The molecule has 0 N–H and O–H groups in total. The fraction of sp³-hybridized carbons (Fsp3) is 0.375. The summed E-state index contributed by atoms with van der Waals surface area (Å²) in [6.07, 6.45) is 1.05. The Bertz CT molecular complexity index is 1020. The topological polar surface area (TPSA) is 37.7 Å². The number of hydrogen-bond donors (Lipinski definition) is 0. The van der Waals surface area contributed by atoms with Crippen molar-refractivity contribution in [1.29, 1.82) is 0 Å². The van der Waals surface area contributed by atoms with Crippen molar-refractivity contribution < 1.29 is 9.53 Å². The van der Waals surface area contributed by atoms with Crippen molar-refractivity contribution in [3.63, 3.8) is 0 Å². The zero-order valence-corrected chi connectivity index (χ0v) is 16.9. The highest BCUT2D eigenvalue weighted by Crippen LogP contribution is 2.34. The van der Waals surface area contributed by atoms with E-state index >= 15 is 0 Å². The number of nitrogens with zero attached hydrogens (tertiary/aromatic N) is 3. The van der Waals surface area contributed by atoms with Crippen molar-refractivity contribution in [3.8, 4) is 5.75 Å². The lowest BCUT2D eigenvalue weighted by atomic mass is 10.2. The zero-order valence-electron chi connectivity index (χ0n) is 16.9. The molecule has 2 aromatic carbocycles. The first kappa shape index (κ1) is 18.3. The van der Waals surface area contributed by atoms with Crippen LogP contribution in [0.5, 0.6) is 5.75 Å². The molecule has 5 heteroatoms. The van der Waals surface area contributed by atoms with Gasteiger partial charge in [0.15, 0.2) is 0 Å². The molecule has 0 saturated carbocycles. The SMILES string of the molecule is CC[C@H]1Cn2c(C(=O)N3CCN(Cc4ccccc4)CC3)cc3cccc(c32)O1. The largest absolute Gasteiger partial charge is 0.486 e. The summed E-state index contributed by atoms with van der Waals surface area (Å²) in [6, 6.07) is 18.7. The first-order valence-electron chi connectivity index (χ1n) is 10.6. The van der Waals surface area contributed by atoms with Crippen LogP contribution in [0.15, 0.2) is 54.6 Å². The predicted octanol–water partition coefficient (Wildman–Crippen LogP) is 3.77. The monoisotopic (exact) mass is 389 g/mol. The van der Waals surface area contributed by atoms with Gasteiger partial charge in [-0.25, -0.2) is 0 Å². The van der Waals surface area contributed by atoms with Gasteiger partial charge in [0.2, 0.25) is 0 Å². The molecule has 5 rings (SSSR count). The van der Waals surface area contributed by atoms with E-state index in [0.29, 0.717) is 0 Å². The lowest BCUT2D eigenvalue weighted by molar-refractivity contribution is 0.0613. The van der Waals surface area contributed by atoms with Crippen LogP contribution in [-0.4, -0.2) is 52.6 Å². The molecule has 3 aromatic rings. The van der Waals surface area contributed by atoms with E-state index in [1.807, 2.05) is 29.2 Å². The lowest BCUT2D eigenvalue weighted by Gasteiger charge is -2.35. The molecule has 150 valence electrons. The minimum absolute atomic E-state index is 0.120. The summed E-state index contributed by atoms with van der Waals surface area (Å²) < 4.78 is 8.29. The maximum absolute atomic E-state index is 13.4. The number of piperazine rings is 1. The fourth-order valence-corrected chi connectivity index (χ4v) is 4.50. The molecule has 5 nitrogen and oxygen atoms in total. The Kier molecular flexibility index (Phi) is 4.76. The van der Waals surface area contributed by atoms with E-state index in [9.17, 15) is 4.79 Å². The summed E-state index contributed by atoms with van der Waals surface area (Å²) in [5.74, 6) is 1.04. The van der Waals surface area contributed by atoms with E-state index in [1.165, 1.54) is 5.56 Å². The van der Waals surface area contributed by atoms with Crippen LogP contribution in [0.25, 0.3) is 10.9 Å². The van der Waals surface area contributed by atoms with Gasteiger partial charge in [0.1, 0.15) is 17.5 Å². The van der Waals surface area contributed by atoms with E-state index in [4.69, 9.17) is 4.74 Å². The van der Waals surface area contributed by atoms with Gasteiger partial charge in [-0.1, -0.05) is 49.4 Å². The number of aromatic nitrogens is 1. The first-order chi connectivity index (χ1) is 14.2. The molecule has 1 aromatic heterocycles. The molecule has 0 unspecified atom stereocenters. The van der Waals surface area contributed by atoms with Crippen LogP contribution < -0.4 is 4.74 Å². The third kappa shape index (κ3) is 3.40. The Labute approximate surface area is 171 Å². The molecule has 0 spiro atoms. The molecule has 1 atom stereocenters. The lowest BCUT2D eigenvalue weighted by Crippen LogP contribution is -2.48. The van der Waals surface area contributed by atoms with Crippen LogP contribution >= 0.6 is 0 Å². The van der Waals surface area contributed by atoms with Gasteiger partial charge in [0.05, 0.1) is 12.1 Å². The molecule has 1 fully saturated rings. The van der Waals surface area contributed by atoms with Crippen molar-refractivity contribution in [2.45, 2.75) is 32.5 Å². The van der Waals surface area contributed by atoms with E-state index in [-0.39, 0.29) is 12.0 Å². The van der Waals surface area contributed by atoms with E-state index < -0.39 is 0 Å². The van der Waals surface area contributed by atoms with Crippen LogP contribution in [0.1, 0.15) is 29.4 Å². The second-order valence-corrected chi connectivity index (χ2v) is 8.04. The molecular weight excluding hydrogens is 362 g/mol. The molecule has 2 aliphatic rings. The second-order valence-electron chi connectivity index (χ2n) is 8.04. The Hall–Kier alpha value is -2.79. The smallest absolute Gasteiger partial charge is 0.270 e. The van der Waals surface area contributed by atoms with Crippen LogP contribution in [-0.2, 0) is 13.1 Å². The van der Waals surface area contributed by atoms with Gasteiger partial charge in [0, 0.05) is 38.1 Å². The average Bonchev–Trinajstić information content (AvgIpc) is 3.14. The molecule has 1 saturated heterocycles. The summed E-state index contributed by atoms with van der Waals surface area (Å²) in [6.45, 7) is 7.18. The Balaban J connectivity index is 1.33. The van der Waals surface area contributed by atoms with Gasteiger partial charge < -0.3 is 14.2 Å². The average molecular weight is 389 g/mol. The normalized spacial score (nSPS) is 19.3. The van der Waals surface area contributed by atoms with Crippen molar-refractivity contribution in [2.24, 2.45) is 0 Å². The summed E-state index contributed by atoms with van der Waals surface area (Å²) in [4.78, 5) is 17.8. The molecule has 0 radical (unpaired) electrons. The predicted molar refractivity (Wildman–Crippen MR) is 114 cm³/mol. The number of amides is 1. The fourth-order valence-electron chi connectivity index (χ4n) is 4.50. The highest BCUT2D eigenvalue weighted by molar-refractivity contribution is 6.00. The van der Waals surface area contributed by atoms with Gasteiger partial charge in [-0.3, -0.25) is 9.69 Å². The summed E-state index contributed by atoms with van der Waals surface area (Å²) >= 11 is 0. The minimum atomic E-state index is 0.120. The number of carbonyl (C=O) groups excluding carboxylic acids is 1. The third-order valence-corrected chi connectivity index (χ3v) is 6.15. The third-order valence-electron chi connectivity index (χ3n) is 6.15. The number of rotatable bonds is 4. The summed E-state index contributed by atoms with van der Waals surface area (Å²) in [5, 5.41) is 1.09. The standard InChI is InChI=1S/C24H27N3O2/c1-2-20-17-27-21(15-19-9-6-10-22(29-20)23(19)27)24(28)26-13-11-25(12-14-26)16-18-7-4-3-5-8-18/h3-10,15,20H,2,11-14,16-17H2,1H3/t20-/m0/s1. The number of hydrogen-bond acceptors (Lipinski definition) is 3. The van der Waals surface area contributed by atoms with E-state index in [1.54, 1.807) is 0 Å². The maximum atomic E-state index is 13.4. The first-order valence-corrected chi connectivity index (χ1v) is 10.6. The van der Waals surface area contributed by atoms with Crippen molar-refractivity contribution >= 4 is 16.8 Å². The van der Waals surface area contributed by atoms with Crippen LogP contribution in [0.3, 0.4) is 0 Å². The quantitative estimate of drug-likeness (QED) is 0.682. The highest BCUT2D eigenvalue weighted by Gasteiger charge is 2.29. The number of benzene rings is 2. The number of ether oxygens (including phenoxy) is 1. The van der Waals surface area contributed by atoms with Crippen molar-refractivity contribution in [3.05, 3.63) is 65.9 Å². The van der Waals surface area contributed by atoms with Crippen LogP contribution in [0.4, 0.5) is 0 Å². The van der Waals surface area contributed by atoms with Crippen molar-refractivity contribution in [2.75, 3.05) is 26.2 Å². The van der Waals surface area contributed by atoms with Gasteiger partial charge >= 0.3 is 0 Å². The molecule has 3 heterocycles. The summed E-state index contributed by atoms with van der Waals surface area (Å²) in [5.41, 5.74) is 3.18. The Morgan fingerprint density at radius 3 is 2.59 bits per heavy atom. The maximum Gasteiger partial charge on any atom is 0.270 e. The summed E-state index contributed by atoms with van der Waals surface area (Å²) in [7, 11) is 0. The second kappa shape index (κ2) is 7.56. The molecule has 29 heavy (non-hydrogen) atoms. The zero-order chi connectivity index (χ0) is 19.8. The van der Waals surface area contributed by atoms with Crippen molar-refractivity contribution in [1.82, 2.24) is 14.4 Å². The number of para-hydroxylation sites is 1. The highest BCUT2D eigenvalue weighted by atomic mass is 16.5. The van der Waals surface area contributed by atoms with Gasteiger partial charge in [-0.2, -0.15) is 0 Å². The Morgan fingerprint density at radius 2 is 1.83 bits per heavy atom. The number of carbonyl (C=O) groups is 1.